The van der Waals surface area contributed by atoms with E-state index in [0.717, 1.165) is 49.5 Å². The van der Waals surface area contributed by atoms with Crippen LogP contribution in [0.15, 0.2) is 79.1 Å². The van der Waals surface area contributed by atoms with Gasteiger partial charge in [-0.05, 0) is 17.7 Å². The van der Waals surface area contributed by atoms with E-state index in [1.807, 2.05) is 30.3 Å². The monoisotopic (exact) mass is 359 g/mol. The minimum absolute atomic E-state index is 0.655. The Morgan fingerprint density at radius 1 is 0.852 bits per heavy atom. The molecule has 2 aromatic carbocycles. The third kappa shape index (κ3) is 4.18. The fourth-order valence-electron chi connectivity index (χ4n) is 3.71. The Balaban J connectivity index is 1.46. The fourth-order valence-corrected chi connectivity index (χ4v) is 3.71. The van der Waals surface area contributed by atoms with Crippen LogP contribution in [0.1, 0.15) is 22.8 Å². The van der Waals surface area contributed by atoms with Gasteiger partial charge in [0.05, 0.1) is 0 Å². The van der Waals surface area contributed by atoms with Gasteiger partial charge in [-0.3, -0.25) is 9.88 Å². The Labute approximate surface area is 160 Å². The van der Waals surface area contributed by atoms with Crippen molar-refractivity contribution in [1.29, 1.82) is 0 Å². The van der Waals surface area contributed by atoms with Crippen molar-refractivity contribution in [3.8, 4) is 0 Å². The van der Waals surface area contributed by atoms with Crippen molar-refractivity contribution in [3.05, 3.63) is 95.8 Å². The van der Waals surface area contributed by atoms with Crippen LogP contribution in [0.5, 0.6) is 0 Å². The molecule has 0 amide bonds. The summed E-state index contributed by atoms with van der Waals surface area (Å²) in [4.78, 5) is 9.02. The molecular weight excluding hydrogens is 334 g/mol. The zero-order chi connectivity index (χ0) is 18.5. The number of piperazine rings is 1. The van der Waals surface area contributed by atoms with Gasteiger partial charge in [0, 0.05) is 61.9 Å². The Kier molecular flexibility index (Phi) is 5.47. The quantitative estimate of drug-likeness (QED) is 0.757. The van der Waals surface area contributed by atoms with Crippen LogP contribution in [-0.4, -0.2) is 41.2 Å². The summed E-state index contributed by atoms with van der Waals surface area (Å²) in [5, 5.41) is 10.9. The smallest absolute Gasteiger partial charge is 0.108 e. The molecule has 0 saturated carbocycles. The van der Waals surface area contributed by atoms with Crippen LogP contribution in [0.25, 0.3) is 0 Å². The SMILES string of the molecule is O[C@@H](c1cccnc1)c1ccccc1N1CCN(Cc2ccccc2)CC1. The molecule has 0 bridgehead atoms. The van der Waals surface area contributed by atoms with E-state index in [2.05, 4.69) is 51.2 Å². The summed E-state index contributed by atoms with van der Waals surface area (Å²) in [6, 6.07) is 22.6. The van der Waals surface area contributed by atoms with Gasteiger partial charge in [0.15, 0.2) is 0 Å². The van der Waals surface area contributed by atoms with Gasteiger partial charge >= 0.3 is 0 Å². The van der Waals surface area contributed by atoms with Crippen molar-refractivity contribution in [2.75, 3.05) is 31.1 Å². The molecule has 2 heterocycles. The zero-order valence-corrected chi connectivity index (χ0v) is 15.4. The first-order valence-electron chi connectivity index (χ1n) is 9.49. The normalized spacial score (nSPS) is 16.3. The van der Waals surface area contributed by atoms with Gasteiger partial charge in [0.2, 0.25) is 0 Å². The molecule has 4 rings (SSSR count). The third-order valence-corrected chi connectivity index (χ3v) is 5.19. The molecule has 1 atom stereocenters. The van der Waals surface area contributed by atoms with Gasteiger partial charge in [-0.2, -0.15) is 0 Å². The maximum atomic E-state index is 10.9. The van der Waals surface area contributed by atoms with Crippen molar-refractivity contribution in [2.24, 2.45) is 0 Å². The van der Waals surface area contributed by atoms with Crippen LogP contribution in [0.3, 0.4) is 0 Å². The molecule has 27 heavy (non-hydrogen) atoms. The molecule has 1 saturated heterocycles. The maximum absolute atomic E-state index is 10.9. The van der Waals surface area contributed by atoms with Crippen molar-refractivity contribution < 1.29 is 5.11 Å². The number of hydrogen-bond acceptors (Lipinski definition) is 4. The minimum atomic E-state index is -0.655. The van der Waals surface area contributed by atoms with Gasteiger partial charge in [0.25, 0.3) is 0 Å². The number of pyridine rings is 1. The molecular formula is C23H25N3O. The number of anilines is 1. The van der Waals surface area contributed by atoms with Gasteiger partial charge in [-0.25, -0.2) is 0 Å². The first-order valence-corrected chi connectivity index (χ1v) is 9.49. The summed E-state index contributed by atoms with van der Waals surface area (Å²) in [6.45, 7) is 4.96. The number of benzene rings is 2. The highest BCUT2D eigenvalue weighted by Gasteiger charge is 2.22. The van der Waals surface area contributed by atoms with E-state index in [1.165, 1.54) is 5.56 Å². The van der Waals surface area contributed by atoms with Crippen molar-refractivity contribution in [2.45, 2.75) is 12.6 Å². The summed E-state index contributed by atoms with van der Waals surface area (Å²) in [6.07, 6.45) is 2.81. The highest BCUT2D eigenvalue weighted by Crippen LogP contribution is 2.31. The third-order valence-electron chi connectivity index (χ3n) is 5.19. The molecule has 0 aliphatic carbocycles. The molecule has 1 N–H and O–H groups in total. The van der Waals surface area contributed by atoms with E-state index in [9.17, 15) is 5.11 Å². The van der Waals surface area contributed by atoms with Gasteiger partial charge in [0.1, 0.15) is 6.10 Å². The van der Waals surface area contributed by atoms with E-state index >= 15 is 0 Å². The summed E-state index contributed by atoms with van der Waals surface area (Å²) in [5.74, 6) is 0. The summed E-state index contributed by atoms with van der Waals surface area (Å²) in [7, 11) is 0. The summed E-state index contributed by atoms with van der Waals surface area (Å²) in [5.41, 5.74) is 4.25. The molecule has 0 unspecified atom stereocenters. The molecule has 1 aliphatic heterocycles. The Bertz CT molecular complexity index is 846. The number of rotatable bonds is 5. The van der Waals surface area contributed by atoms with Crippen molar-refractivity contribution in [1.82, 2.24) is 9.88 Å². The summed E-state index contributed by atoms with van der Waals surface area (Å²) < 4.78 is 0. The van der Waals surface area contributed by atoms with E-state index in [-0.39, 0.29) is 0 Å². The molecule has 3 aromatic rings. The molecule has 4 heteroatoms. The van der Waals surface area contributed by atoms with E-state index in [4.69, 9.17) is 0 Å². The van der Waals surface area contributed by atoms with Crippen molar-refractivity contribution in [3.63, 3.8) is 0 Å². The maximum Gasteiger partial charge on any atom is 0.108 e. The molecule has 0 radical (unpaired) electrons. The van der Waals surface area contributed by atoms with Crippen LogP contribution >= 0.6 is 0 Å². The summed E-state index contributed by atoms with van der Waals surface area (Å²) >= 11 is 0. The molecule has 0 spiro atoms. The fraction of sp³-hybridized carbons (Fsp3) is 0.261. The van der Waals surface area contributed by atoms with Crippen LogP contribution in [0.2, 0.25) is 0 Å². The van der Waals surface area contributed by atoms with E-state index < -0.39 is 6.10 Å². The lowest BCUT2D eigenvalue weighted by molar-refractivity contribution is 0.218. The number of hydrogen-bond donors (Lipinski definition) is 1. The predicted octanol–water partition coefficient (Wildman–Crippen LogP) is 3.49. The van der Waals surface area contributed by atoms with Crippen LogP contribution in [0, 0.1) is 0 Å². The highest BCUT2D eigenvalue weighted by atomic mass is 16.3. The lowest BCUT2D eigenvalue weighted by atomic mass is 10.00. The van der Waals surface area contributed by atoms with Crippen LogP contribution < -0.4 is 4.90 Å². The molecule has 1 aromatic heterocycles. The molecule has 1 aliphatic rings. The zero-order valence-electron chi connectivity index (χ0n) is 15.4. The topological polar surface area (TPSA) is 39.6 Å². The molecule has 1 fully saturated rings. The average molecular weight is 359 g/mol. The standard InChI is InChI=1S/C23H25N3O/c27-23(20-9-6-12-24-17-20)21-10-4-5-11-22(21)26-15-13-25(14-16-26)18-19-7-2-1-3-8-19/h1-12,17,23,27H,13-16,18H2/t23-/m0/s1. The predicted molar refractivity (Wildman–Crippen MR) is 109 cm³/mol. The first kappa shape index (κ1) is 17.7. The number of nitrogens with zero attached hydrogens (tertiary/aromatic N) is 3. The lowest BCUT2D eigenvalue weighted by Gasteiger charge is -2.37. The second-order valence-electron chi connectivity index (χ2n) is 7.00. The lowest BCUT2D eigenvalue weighted by Crippen LogP contribution is -2.46. The largest absolute Gasteiger partial charge is 0.384 e. The molecule has 4 nitrogen and oxygen atoms in total. The van der Waals surface area contributed by atoms with E-state index in [0.29, 0.717) is 0 Å². The second-order valence-corrected chi connectivity index (χ2v) is 7.00. The Morgan fingerprint density at radius 2 is 1.59 bits per heavy atom. The Morgan fingerprint density at radius 3 is 2.33 bits per heavy atom. The highest BCUT2D eigenvalue weighted by molar-refractivity contribution is 5.56. The van der Waals surface area contributed by atoms with Gasteiger partial charge < -0.3 is 10.0 Å². The number of aromatic nitrogens is 1. The number of aliphatic hydroxyl groups excluding tert-OH is 1. The number of aliphatic hydroxyl groups is 1. The van der Waals surface area contributed by atoms with Gasteiger partial charge in [-0.15, -0.1) is 0 Å². The van der Waals surface area contributed by atoms with Crippen LogP contribution in [0.4, 0.5) is 5.69 Å². The second kappa shape index (κ2) is 8.33. The molecule has 138 valence electrons. The average Bonchev–Trinajstić information content (AvgIpc) is 2.75. The van der Waals surface area contributed by atoms with Gasteiger partial charge in [-0.1, -0.05) is 54.6 Å². The number of para-hydroxylation sites is 1. The van der Waals surface area contributed by atoms with Crippen LogP contribution in [-0.2, 0) is 6.54 Å². The Hall–Kier alpha value is -2.69. The van der Waals surface area contributed by atoms with E-state index in [1.54, 1.807) is 12.4 Å². The van der Waals surface area contributed by atoms with Crippen molar-refractivity contribution >= 4 is 5.69 Å². The first-order chi connectivity index (χ1) is 13.3. The minimum Gasteiger partial charge on any atom is -0.384 e.